The zero-order chi connectivity index (χ0) is 12.3. The number of fused-ring (bicyclic) bond motifs is 1. The van der Waals surface area contributed by atoms with Gasteiger partial charge in [0.15, 0.2) is 0 Å². The van der Waals surface area contributed by atoms with Gasteiger partial charge in [-0.05, 0) is 56.4 Å². The zero-order valence-corrected chi connectivity index (χ0v) is 11.0. The summed E-state index contributed by atoms with van der Waals surface area (Å²) in [6.45, 7) is 4.23. The number of benzene rings is 1. The van der Waals surface area contributed by atoms with E-state index in [1.165, 1.54) is 18.4 Å². The monoisotopic (exact) mass is 232 g/mol. The number of nitrogens with zero attached hydrogens (tertiary/aromatic N) is 1. The molecule has 0 saturated carbocycles. The largest absolute Gasteiger partial charge is 0.330 e. The maximum absolute atomic E-state index is 5.60. The highest BCUT2D eigenvalue weighted by atomic mass is 15.1. The van der Waals surface area contributed by atoms with Crippen LogP contribution in [0.5, 0.6) is 0 Å². The standard InChI is InChI=1S/C15H24N2/c1-12-8-9-15(17(2)11-5-10-16)14-7-4-3-6-13(12)14/h3-4,6-7,12,15H,5,8-11,16H2,1-2H3. The summed E-state index contributed by atoms with van der Waals surface area (Å²) in [5, 5.41) is 0. The van der Waals surface area contributed by atoms with Crippen molar-refractivity contribution in [3.63, 3.8) is 0 Å². The van der Waals surface area contributed by atoms with E-state index in [2.05, 4.69) is 43.1 Å². The summed E-state index contributed by atoms with van der Waals surface area (Å²) >= 11 is 0. The molecule has 0 heterocycles. The SMILES string of the molecule is CC1CCC(N(C)CCCN)c2ccccc21. The first-order valence-corrected chi connectivity index (χ1v) is 6.73. The second-order valence-electron chi connectivity index (χ2n) is 5.25. The predicted molar refractivity (Wildman–Crippen MR) is 73.1 cm³/mol. The minimum Gasteiger partial charge on any atom is -0.330 e. The van der Waals surface area contributed by atoms with Crippen LogP contribution >= 0.6 is 0 Å². The van der Waals surface area contributed by atoms with E-state index in [-0.39, 0.29) is 0 Å². The van der Waals surface area contributed by atoms with Crippen molar-refractivity contribution < 1.29 is 0 Å². The van der Waals surface area contributed by atoms with Gasteiger partial charge in [-0.1, -0.05) is 31.2 Å². The lowest BCUT2D eigenvalue weighted by Crippen LogP contribution is -2.30. The van der Waals surface area contributed by atoms with E-state index in [1.807, 2.05) is 0 Å². The highest BCUT2D eigenvalue weighted by Gasteiger charge is 2.26. The molecule has 0 aliphatic heterocycles. The first-order valence-electron chi connectivity index (χ1n) is 6.73. The van der Waals surface area contributed by atoms with Gasteiger partial charge in [0, 0.05) is 6.04 Å². The third-order valence-electron chi connectivity index (χ3n) is 4.01. The van der Waals surface area contributed by atoms with Gasteiger partial charge in [0.05, 0.1) is 0 Å². The van der Waals surface area contributed by atoms with Gasteiger partial charge in [-0.25, -0.2) is 0 Å². The van der Waals surface area contributed by atoms with Crippen LogP contribution in [0.4, 0.5) is 0 Å². The van der Waals surface area contributed by atoms with Crippen LogP contribution in [0.25, 0.3) is 0 Å². The van der Waals surface area contributed by atoms with Gasteiger partial charge in [0.2, 0.25) is 0 Å². The van der Waals surface area contributed by atoms with E-state index in [0.29, 0.717) is 12.0 Å². The summed E-state index contributed by atoms with van der Waals surface area (Å²) in [6.07, 6.45) is 3.67. The van der Waals surface area contributed by atoms with Gasteiger partial charge in [-0.15, -0.1) is 0 Å². The minimum absolute atomic E-state index is 0.592. The summed E-state index contributed by atoms with van der Waals surface area (Å²) in [5.74, 6) is 0.713. The van der Waals surface area contributed by atoms with Gasteiger partial charge >= 0.3 is 0 Å². The first kappa shape index (κ1) is 12.6. The quantitative estimate of drug-likeness (QED) is 0.865. The Labute approximate surface area is 105 Å². The van der Waals surface area contributed by atoms with Gasteiger partial charge in [-0.2, -0.15) is 0 Å². The normalized spacial score (nSPS) is 23.8. The molecule has 0 amide bonds. The molecule has 2 nitrogen and oxygen atoms in total. The van der Waals surface area contributed by atoms with E-state index in [9.17, 15) is 0 Å². The van der Waals surface area contributed by atoms with Crippen LogP contribution in [0.1, 0.15) is 49.3 Å². The fraction of sp³-hybridized carbons (Fsp3) is 0.600. The molecule has 2 unspecified atom stereocenters. The smallest absolute Gasteiger partial charge is 0.0348 e. The van der Waals surface area contributed by atoms with Gasteiger partial charge in [0.25, 0.3) is 0 Å². The van der Waals surface area contributed by atoms with E-state index in [4.69, 9.17) is 5.73 Å². The Morgan fingerprint density at radius 1 is 1.24 bits per heavy atom. The molecule has 17 heavy (non-hydrogen) atoms. The number of hydrogen-bond donors (Lipinski definition) is 1. The van der Waals surface area contributed by atoms with Crippen molar-refractivity contribution in [2.45, 2.75) is 38.1 Å². The summed E-state index contributed by atoms with van der Waals surface area (Å²) < 4.78 is 0. The third kappa shape index (κ3) is 2.70. The molecule has 0 saturated heterocycles. The van der Waals surface area contributed by atoms with Gasteiger partial charge in [-0.3, -0.25) is 4.90 Å². The molecule has 2 heteroatoms. The van der Waals surface area contributed by atoms with Crippen LogP contribution in [-0.2, 0) is 0 Å². The maximum atomic E-state index is 5.60. The van der Waals surface area contributed by atoms with Gasteiger partial charge in [0.1, 0.15) is 0 Å². The second kappa shape index (κ2) is 5.65. The molecular weight excluding hydrogens is 208 g/mol. The molecule has 2 N–H and O–H groups in total. The molecule has 0 bridgehead atoms. The van der Waals surface area contributed by atoms with Crippen molar-refractivity contribution in [2.75, 3.05) is 20.1 Å². The maximum Gasteiger partial charge on any atom is 0.0348 e. The van der Waals surface area contributed by atoms with Crippen LogP contribution in [0.3, 0.4) is 0 Å². The molecule has 1 aromatic carbocycles. The zero-order valence-electron chi connectivity index (χ0n) is 11.0. The Balaban J connectivity index is 2.18. The van der Waals surface area contributed by atoms with Crippen molar-refractivity contribution in [3.8, 4) is 0 Å². The van der Waals surface area contributed by atoms with Crippen LogP contribution in [0, 0.1) is 0 Å². The number of rotatable bonds is 4. The number of hydrogen-bond acceptors (Lipinski definition) is 2. The van der Waals surface area contributed by atoms with Gasteiger partial charge < -0.3 is 5.73 Å². The average Bonchev–Trinajstić information content (AvgIpc) is 2.37. The molecule has 94 valence electrons. The minimum atomic E-state index is 0.592. The van der Waals surface area contributed by atoms with Crippen molar-refractivity contribution in [2.24, 2.45) is 5.73 Å². The molecule has 0 fully saturated rings. The summed E-state index contributed by atoms with van der Waals surface area (Å²) in [4.78, 5) is 2.47. The molecule has 0 aromatic heterocycles. The topological polar surface area (TPSA) is 29.3 Å². The van der Waals surface area contributed by atoms with Crippen LogP contribution < -0.4 is 5.73 Å². The van der Waals surface area contributed by atoms with Crippen molar-refractivity contribution >= 4 is 0 Å². The molecule has 1 aromatic rings. The molecule has 0 spiro atoms. The van der Waals surface area contributed by atoms with E-state index < -0.39 is 0 Å². The lowest BCUT2D eigenvalue weighted by atomic mass is 9.80. The Kier molecular flexibility index (Phi) is 4.19. The lowest BCUT2D eigenvalue weighted by Gasteiger charge is -2.35. The second-order valence-corrected chi connectivity index (χ2v) is 5.25. The Morgan fingerprint density at radius 3 is 2.65 bits per heavy atom. The fourth-order valence-electron chi connectivity index (χ4n) is 2.94. The Hall–Kier alpha value is -0.860. The molecule has 1 aliphatic rings. The molecule has 2 atom stereocenters. The van der Waals surface area contributed by atoms with Crippen molar-refractivity contribution in [3.05, 3.63) is 35.4 Å². The van der Waals surface area contributed by atoms with Crippen LogP contribution in [0.15, 0.2) is 24.3 Å². The molecule has 1 aliphatic carbocycles. The lowest BCUT2D eigenvalue weighted by molar-refractivity contribution is 0.214. The fourth-order valence-corrected chi connectivity index (χ4v) is 2.94. The Morgan fingerprint density at radius 2 is 1.94 bits per heavy atom. The number of nitrogens with two attached hydrogens (primary N) is 1. The summed E-state index contributed by atoms with van der Waals surface area (Å²) in [5.41, 5.74) is 8.67. The van der Waals surface area contributed by atoms with E-state index in [0.717, 1.165) is 19.5 Å². The molecule has 0 radical (unpaired) electrons. The van der Waals surface area contributed by atoms with Crippen molar-refractivity contribution in [1.82, 2.24) is 4.90 Å². The predicted octanol–water partition coefficient (Wildman–Crippen LogP) is 2.91. The first-order chi connectivity index (χ1) is 8.24. The summed E-state index contributed by atoms with van der Waals surface area (Å²) in [6, 6.07) is 9.52. The molecular formula is C15H24N2. The summed E-state index contributed by atoms with van der Waals surface area (Å²) in [7, 11) is 2.23. The van der Waals surface area contributed by atoms with Crippen LogP contribution in [0.2, 0.25) is 0 Å². The van der Waals surface area contributed by atoms with E-state index in [1.54, 1.807) is 5.56 Å². The van der Waals surface area contributed by atoms with Crippen molar-refractivity contribution in [1.29, 1.82) is 0 Å². The van der Waals surface area contributed by atoms with Crippen LogP contribution in [-0.4, -0.2) is 25.0 Å². The third-order valence-corrected chi connectivity index (χ3v) is 4.01. The van der Waals surface area contributed by atoms with E-state index >= 15 is 0 Å². The highest BCUT2D eigenvalue weighted by molar-refractivity contribution is 5.34. The average molecular weight is 232 g/mol. The molecule has 2 rings (SSSR count). The Bertz CT molecular complexity index is 362. The highest BCUT2D eigenvalue weighted by Crippen LogP contribution is 2.39.